The van der Waals surface area contributed by atoms with Crippen LogP contribution < -0.4 is 0 Å². The standard InChI is InChI=1S/C15H12O4S/c1-9-11(12(16)8-13(17)15(18)19)7-14(20-9)10-5-3-2-4-6-10/h2-8,17H,1H3,(H,18,19). The summed E-state index contributed by atoms with van der Waals surface area (Å²) in [5.41, 5.74) is 1.40. The highest BCUT2D eigenvalue weighted by molar-refractivity contribution is 7.15. The molecule has 0 saturated heterocycles. The Balaban J connectivity index is 2.36. The fraction of sp³-hybridized carbons (Fsp3) is 0.0667. The number of allylic oxidation sites excluding steroid dienone is 1. The molecule has 0 aliphatic carbocycles. The minimum atomic E-state index is -1.52. The lowest BCUT2D eigenvalue weighted by atomic mass is 10.1. The first-order chi connectivity index (χ1) is 9.49. The van der Waals surface area contributed by atoms with Crippen LogP contribution in [0.15, 0.2) is 48.2 Å². The van der Waals surface area contributed by atoms with Crippen LogP contribution in [0.25, 0.3) is 10.4 Å². The van der Waals surface area contributed by atoms with Crippen molar-refractivity contribution in [3.05, 3.63) is 58.7 Å². The third-order valence-electron chi connectivity index (χ3n) is 2.73. The van der Waals surface area contributed by atoms with Crippen molar-refractivity contribution in [2.24, 2.45) is 0 Å². The molecule has 5 heteroatoms. The van der Waals surface area contributed by atoms with Gasteiger partial charge in [0.25, 0.3) is 0 Å². The number of carboxylic acid groups (broad SMARTS) is 1. The number of aliphatic hydroxyl groups excluding tert-OH is 1. The Labute approximate surface area is 119 Å². The van der Waals surface area contributed by atoms with E-state index < -0.39 is 17.5 Å². The molecule has 2 aromatic rings. The molecule has 0 aliphatic rings. The van der Waals surface area contributed by atoms with Crippen LogP contribution >= 0.6 is 11.3 Å². The summed E-state index contributed by atoms with van der Waals surface area (Å²) in [5, 5.41) is 17.7. The van der Waals surface area contributed by atoms with Gasteiger partial charge in [0, 0.05) is 21.4 Å². The first-order valence-corrected chi connectivity index (χ1v) is 6.65. The van der Waals surface area contributed by atoms with Crippen molar-refractivity contribution in [1.82, 2.24) is 0 Å². The normalized spacial score (nSPS) is 11.3. The van der Waals surface area contributed by atoms with Crippen molar-refractivity contribution in [2.45, 2.75) is 6.92 Å². The van der Waals surface area contributed by atoms with Gasteiger partial charge in [0.05, 0.1) is 0 Å². The lowest BCUT2D eigenvalue weighted by Crippen LogP contribution is -2.03. The Morgan fingerprint density at radius 3 is 2.40 bits per heavy atom. The number of aliphatic hydroxyl groups is 1. The number of carbonyl (C=O) groups excluding carboxylic acids is 1. The van der Waals surface area contributed by atoms with Gasteiger partial charge in [-0.15, -0.1) is 11.3 Å². The van der Waals surface area contributed by atoms with Gasteiger partial charge in [0.1, 0.15) is 0 Å². The van der Waals surface area contributed by atoms with E-state index in [-0.39, 0.29) is 0 Å². The van der Waals surface area contributed by atoms with Gasteiger partial charge >= 0.3 is 5.97 Å². The molecular formula is C15H12O4S. The summed E-state index contributed by atoms with van der Waals surface area (Å²) in [5.74, 6) is -2.99. The number of carbonyl (C=O) groups is 2. The average molecular weight is 288 g/mol. The van der Waals surface area contributed by atoms with E-state index in [2.05, 4.69) is 0 Å². The fourth-order valence-corrected chi connectivity index (χ4v) is 2.77. The van der Waals surface area contributed by atoms with E-state index in [0.29, 0.717) is 5.56 Å². The second-order valence-corrected chi connectivity index (χ2v) is 5.40. The molecule has 0 amide bonds. The van der Waals surface area contributed by atoms with E-state index in [0.717, 1.165) is 21.4 Å². The number of rotatable bonds is 4. The number of carboxylic acids is 1. The van der Waals surface area contributed by atoms with Crippen LogP contribution in [0.3, 0.4) is 0 Å². The molecule has 102 valence electrons. The third kappa shape index (κ3) is 2.95. The highest BCUT2D eigenvalue weighted by Crippen LogP contribution is 2.31. The Hall–Kier alpha value is -2.40. The first-order valence-electron chi connectivity index (χ1n) is 5.83. The zero-order valence-electron chi connectivity index (χ0n) is 10.7. The predicted octanol–water partition coefficient (Wildman–Crippen LogP) is 3.43. The minimum Gasteiger partial charge on any atom is -0.502 e. The first kappa shape index (κ1) is 14.0. The van der Waals surface area contributed by atoms with E-state index in [1.165, 1.54) is 11.3 Å². The van der Waals surface area contributed by atoms with Crippen LogP contribution in [-0.2, 0) is 4.79 Å². The molecule has 1 aromatic heterocycles. The Morgan fingerprint density at radius 1 is 1.15 bits per heavy atom. The van der Waals surface area contributed by atoms with Gasteiger partial charge in [-0.2, -0.15) is 0 Å². The number of hydrogen-bond acceptors (Lipinski definition) is 4. The molecule has 0 unspecified atom stereocenters. The van der Waals surface area contributed by atoms with Gasteiger partial charge in [-0.1, -0.05) is 30.3 Å². The molecule has 0 radical (unpaired) electrons. The van der Waals surface area contributed by atoms with Crippen molar-refractivity contribution in [3.8, 4) is 10.4 Å². The Morgan fingerprint density at radius 2 is 1.80 bits per heavy atom. The van der Waals surface area contributed by atoms with E-state index in [1.807, 2.05) is 30.3 Å². The summed E-state index contributed by atoms with van der Waals surface area (Å²) in [6, 6.07) is 11.3. The van der Waals surface area contributed by atoms with E-state index in [9.17, 15) is 9.59 Å². The molecule has 0 aliphatic heterocycles. The van der Waals surface area contributed by atoms with Crippen molar-refractivity contribution in [1.29, 1.82) is 0 Å². The topological polar surface area (TPSA) is 74.6 Å². The van der Waals surface area contributed by atoms with Gasteiger partial charge in [0.15, 0.2) is 5.78 Å². The molecule has 0 bridgehead atoms. The van der Waals surface area contributed by atoms with Gasteiger partial charge in [-0.3, -0.25) is 4.79 Å². The maximum absolute atomic E-state index is 11.9. The van der Waals surface area contributed by atoms with E-state index in [4.69, 9.17) is 10.2 Å². The zero-order chi connectivity index (χ0) is 14.7. The molecule has 1 aromatic carbocycles. The SMILES string of the molecule is Cc1sc(-c2ccccc2)cc1C(=O)C=C(O)C(=O)O. The van der Waals surface area contributed by atoms with Crippen molar-refractivity contribution in [3.63, 3.8) is 0 Å². The summed E-state index contributed by atoms with van der Waals surface area (Å²) < 4.78 is 0. The minimum absolute atomic E-state index is 0.404. The monoisotopic (exact) mass is 288 g/mol. The molecular weight excluding hydrogens is 276 g/mol. The molecule has 2 rings (SSSR count). The summed E-state index contributed by atoms with van der Waals surface area (Å²) in [6.07, 6.45) is 0.728. The smallest absolute Gasteiger partial charge is 0.371 e. The van der Waals surface area contributed by atoms with Crippen molar-refractivity contribution < 1.29 is 19.8 Å². The predicted molar refractivity (Wildman–Crippen MR) is 77.2 cm³/mol. The van der Waals surface area contributed by atoms with E-state index in [1.54, 1.807) is 13.0 Å². The second-order valence-electron chi connectivity index (χ2n) is 4.15. The average Bonchev–Trinajstić information content (AvgIpc) is 2.81. The molecule has 0 saturated carbocycles. The number of aryl methyl sites for hydroxylation is 1. The van der Waals surface area contributed by atoms with E-state index >= 15 is 0 Å². The fourth-order valence-electron chi connectivity index (χ4n) is 1.74. The van der Waals surface area contributed by atoms with Gasteiger partial charge < -0.3 is 10.2 Å². The molecule has 0 spiro atoms. The molecule has 20 heavy (non-hydrogen) atoms. The maximum atomic E-state index is 11.9. The summed E-state index contributed by atoms with van der Waals surface area (Å²) >= 11 is 1.45. The van der Waals surface area contributed by atoms with Crippen LogP contribution in [0, 0.1) is 6.92 Å². The van der Waals surface area contributed by atoms with Crippen LogP contribution in [0.2, 0.25) is 0 Å². The highest BCUT2D eigenvalue weighted by Gasteiger charge is 2.15. The quantitative estimate of drug-likeness (QED) is 0.513. The number of hydrogen-bond donors (Lipinski definition) is 2. The molecule has 4 nitrogen and oxygen atoms in total. The van der Waals surface area contributed by atoms with Crippen LogP contribution in [-0.4, -0.2) is 22.0 Å². The molecule has 1 heterocycles. The van der Waals surface area contributed by atoms with Crippen LogP contribution in [0.4, 0.5) is 0 Å². The lowest BCUT2D eigenvalue weighted by molar-refractivity contribution is -0.135. The number of aliphatic carboxylic acids is 1. The lowest BCUT2D eigenvalue weighted by Gasteiger charge is -1.95. The molecule has 2 N–H and O–H groups in total. The van der Waals surface area contributed by atoms with Crippen LogP contribution in [0.5, 0.6) is 0 Å². The Bertz CT molecular complexity index is 683. The largest absolute Gasteiger partial charge is 0.502 e. The molecule has 0 atom stereocenters. The van der Waals surface area contributed by atoms with Gasteiger partial charge in [-0.25, -0.2) is 4.79 Å². The van der Waals surface area contributed by atoms with Crippen molar-refractivity contribution >= 4 is 23.1 Å². The second kappa shape index (κ2) is 5.71. The maximum Gasteiger partial charge on any atom is 0.371 e. The molecule has 0 fully saturated rings. The number of benzene rings is 1. The van der Waals surface area contributed by atoms with Crippen molar-refractivity contribution in [2.75, 3.05) is 0 Å². The number of thiophene rings is 1. The number of ketones is 1. The highest BCUT2D eigenvalue weighted by atomic mass is 32.1. The summed E-state index contributed by atoms with van der Waals surface area (Å²) in [4.78, 5) is 24.1. The van der Waals surface area contributed by atoms with Gasteiger partial charge in [-0.05, 0) is 18.6 Å². The summed E-state index contributed by atoms with van der Waals surface area (Å²) in [7, 11) is 0. The third-order valence-corrected chi connectivity index (χ3v) is 3.83. The Kier molecular flexibility index (Phi) is 4.00. The zero-order valence-corrected chi connectivity index (χ0v) is 11.5. The van der Waals surface area contributed by atoms with Crippen LogP contribution in [0.1, 0.15) is 15.2 Å². The summed E-state index contributed by atoms with van der Waals surface area (Å²) in [6.45, 7) is 1.79. The van der Waals surface area contributed by atoms with Gasteiger partial charge in [0.2, 0.25) is 5.76 Å².